The molecular weight excluding hydrogens is 516 g/mol. The minimum Gasteiger partial charge on any atom is -0.463 e. The van der Waals surface area contributed by atoms with E-state index in [0.29, 0.717) is 0 Å². The lowest BCUT2D eigenvalue weighted by Gasteiger charge is -2.37. The maximum Gasteiger partial charge on any atom is 0.339 e. The molecule has 0 fully saturated rings. The van der Waals surface area contributed by atoms with Crippen LogP contribution in [-0.2, 0) is 29.3 Å². The van der Waals surface area contributed by atoms with Crippen LogP contribution in [0.4, 0.5) is 0 Å². The Hall–Kier alpha value is -4.97. The molecule has 41 heavy (non-hydrogen) atoms. The molecule has 4 aromatic rings. The van der Waals surface area contributed by atoms with Gasteiger partial charge in [-0.3, -0.25) is 4.79 Å². The number of carbonyl (C=O) groups excluding carboxylic acids is 3. The Morgan fingerprint density at radius 1 is 0.659 bits per heavy atom. The number of hydrogen-bond donors (Lipinski definition) is 0. The van der Waals surface area contributed by atoms with Crippen LogP contribution in [0.1, 0.15) is 48.6 Å². The van der Waals surface area contributed by atoms with Crippen molar-refractivity contribution >= 4 is 23.5 Å². The smallest absolute Gasteiger partial charge is 0.339 e. The lowest BCUT2D eigenvalue weighted by atomic mass is 9.65. The highest BCUT2D eigenvalue weighted by Crippen LogP contribution is 2.46. The van der Waals surface area contributed by atoms with E-state index in [1.54, 1.807) is 26.0 Å². The van der Waals surface area contributed by atoms with E-state index in [2.05, 4.69) is 36.4 Å². The molecule has 0 aromatic heterocycles. The second kappa shape index (κ2) is 13.4. The van der Waals surface area contributed by atoms with Crippen LogP contribution in [-0.4, -0.2) is 31.1 Å². The molecule has 0 atom stereocenters. The van der Waals surface area contributed by atoms with Crippen molar-refractivity contribution in [2.75, 3.05) is 13.2 Å². The lowest BCUT2D eigenvalue weighted by molar-refractivity contribution is -0.139. The molecule has 0 aliphatic carbocycles. The standard InChI is InChI=1S/C35H32O6/c1-4-39-33(37)24-31(34(38)40-5-2)30-23-29(21-22-32(30)41-25(3)36)35(26-15-9-6-10-16-26,27-17-11-7-12-18-27)28-19-13-8-14-20-28/h6-24H,4-5H2,1-3H3/b31-24-. The predicted molar refractivity (Wildman–Crippen MR) is 157 cm³/mol. The van der Waals surface area contributed by atoms with Crippen molar-refractivity contribution in [2.45, 2.75) is 26.2 Å². The van der Waals surface area contributed by atoms with Gasteiger partial charge in [-0.25, -0.2) is 9.59 Å². The molecule has 0 spiro atoms. The fourth-order valence-electron chi connectivity index (χ4n) is 5.04. The van der Waals surface area contributed by atoms with Gasteiger partial charge in [-0.2, -0.15) is 0 Å². The summed E-state index contributed by atoms with van der Waals surface area (Å²) in [6.07, 6.45) is 1.09. The molecule has 0 saturated heterocycles. The average Bonchev–Trinajstić information content (AvgIpc) is 2.99. The van der Waals surface area contributed by atoms with Crippen LogP contribution in [0.15, 0.2) is 115 Å². The molecule has 0 N–H and O–H groups in total. The Bertz CT molecular complexity index is 1430. The summed E-state index contributed by atoms with van der Waals surface area (Å²) < 4.78 is 16.0. The third-order valence-corrected chi connectivity index (χ3v) is 6.62. The predicted octanol–water partition coefficient (Wildman–Crippen LogP) is 6.50. The maximum absolute atomic E-state index is 13.3. The van der Waals surface area contributed by atoms with Gasteiger partial charge in [0.15, 0.2) is 0 Å². The molecule has 0 saturated carbocycles. The van der Waals surface area contributed by atoms with Gasteiger partial charge in [0.1, 0.15) is 5.75 Å². The molecule has 6 heteroatoms. The van der Waals surface area contributed by atoms with Gasteiger partial charge in [0.25, 0.3) is 0 Å². The minimum atomic E-state index is -0.836. The van der Waals surface area contributed by atoms with Gasteiger partial charge in [-0.05, 0) is 48.2 Å². The molecule has 0 aliphatic heterocycles. The lowest BCUT2D eigenvalue weighted by Crippen LogP contribution is -2.31. The van der Waals surface area contributed by atoms with Crippen molar-refractivity contribution in [1.82, 2.24) is 0 Å². The number of hydrogen-bond acceptors (Lipinski definition) is 6. The first-order chi connectivity index (χ1) is 19.9. The highest BCUT2D eigenvalue weighted by molar-refractivity contribution is 6.21. The van der Waals surface area contributed by atoms with Gasteiger partial charge in [-0.1, -0.05) is 97.1 Å². The van der Waals surface area contributed by atoms with Crippen molar-refractivity contribution in [3.63, 3.8) is 0 Å². The van der Waals surface area contributed by atoms with E-state index < -0.39 is 23.3 Å². The van der Waals surface area contributed by atoms with E-state index in [1.165, 1.54) is 6.92 Å². The third-order valence-electron chi connectivity index (χ3n) is 6.62. The molecule has 0 unspecified atom stereocenters. The summed E-state index contributed by atoms with van der Waals surface area (Å²) in [4.78, 5) is 38.0. The number of rotatable bonds is 10. The Morgan fingerprint density at radius 3 is 1.59 bits per heavy atom. The first kappa shape index (κ1) is 29.0. The maximum atomic E-state index is 13.3. The number of benzene rings is 4. The number of ether oxygens (including phenoxy) is 3. The van der Waals surface area contributed by atoms with Crippen molar-refractivity contribution in [3.05, 3.63) is 143 Å². The summed E-state index contributed by atoms with van der Waals surface area (Å²) in [5.74, 6) is -1.90. The first-order valence-electron chi connectivity index (χ1n) is 13.5. The second-order valence-electron chi connectivity index (χ2n) is 9.18. The molecule has 208 valence electrons. The summed E-state index contributed by atoms with van der Waals surface area (Å²) in [6.45, 7) is 4.84. The van der Waals surface area contributed by atoms with Crippen molar-refractivity contribution < 1.29 is 28.6 Å². The number of esters is 3. The molecule has 4 rings (SSSR count). The highest BCUT2D eigenvalue weighted by Gasteiger charge is 2.39. The fraction of sp³-hybridized carbons (Fsp3) is 0.171. The summed E-state index contributed by atoms with van der Waals surface area (Å²) in [7, 11) is 0. The zero-order chi connectivity index (χ0) is 29.2. The van der Waals surface area contributed by atoms with Gasteiger partial charge in [0.05, 0.1) is 24.2 Å². The molecule has 0 heterocycles. The zero-order valence-electron chi connectivity index (χ0n) is 23.3. The van der Waals surface area contributed by atoms with Crippen molar-refractivity contribution in [2.24, 2.45) is 0 Å². The van der Waals surface area contributed by atoms with Crippen LogP contribution >= 0.6 is 0 Å². The van der Waals surface area contributed by atoms with Gasteiger partial charge >= 0.3 is 17.9 Å². The van der Waals surface area contributed by atoms with Crippen LogP contribution in [0.25, 0.3) is 5.57 Å². The summed E-state index contributed by atoms with van der Waals surface area (Å²) in [5, 5.41) is 0. The zero-order valence-corrected chi connectivity index (χ0v) is 23.3. The second-order valence-corrected chi connectivity index (χ2v) is 9.18. The monoisotopic (exact) mass is 548 g/mol. The molecule has 0 radical (unpaired) electrons. The molecule has 0 amide bonds. The summed E-state index contributed by atoms with van der Waals surface area (Å²) >= 11 is 0. The first-order valence-corrected chi connectivity index (χ1v) is 13.5. The quantitative estimate of drug-likeness (QED) is 0.0974. The molecule has 4 aromatic carbocycles. The van der Waals surface area contributed by atoms with Gasteiger partial charge < -0.3 is 14.2 Å². The Kier molecular flexibility index (Phi) is 9.48. The van der Waals surface area contributed by atoms with Crippen molar-refractivity contribution in [3.8, 4) is 5.75 Å². The molecule has 0 bridgehead atoms. The van der Waals surface area contributed by atoms with E-state index in [-0.39, 0.29) is 30.1 Å². The van der Waals surface area contributed by atoms with Crippen LogP contribution in [0.5, 0.6) is 5.75 Å². The molecular formula is C35H32O6. The number of carbonyl (C=O) groups is 3. The van der Waals surface area contributed by atoms with E-state index in [9.17, 15) is 14.4 Å². The normalized spacial score (nSPS) is 11.4. The summed E-state index contributed by atoms with van der Waals surface area (Å²) in [6, 6.07) is 35.4. The Labute approximate surface area is 240 Å². The third kappa shape index (κ3) is 6.28. The fourth-order valence-corrected chi connectivity index (χ4v) is 5.04. The van der Waals surface area contributed by atoms with E-state index in [4.69, 9.17) is 14.2 Å². The molecule has 0 aliphatic rings. The van der Waals surface area contributed by atoms with E-state index >= 15 is 0 Å². The van der Waals surface area contributed by atoms with Crippen LogP contribution in [0, 0.1) is 0 Å². The van der Waals surface area contributed by atoms with Gasteiger partial charge in [-0.15, -0.1) is 0 Å². The van der Waals surface area contributed by atoms with Crippen molar-refractivity contribution in [1.29, 1.82) is 0 Å². The Balaban J connectivity index is 2.12. The summed E-state index contributed by atoms with van der Waals surface area (Å²) in [5.41, 5.74) is 3.05. The van der Waals surface area contributed by atoms with Crippen LogP contribution < -0.4 is 4.74 Å². The van der Waals surface area contributed by atoms with Crippen LogP contribution in [0.2, 0.25) is 0 Å². The minimum absolute atomic E-state index is 0.0773. The topological polar surface area (TPSA) is 78.9 Å². The van der Waals surface area contributed by atoms with Gasteiger partial charge in [0.2, 0.25) is 0 Å². The highest BCUT2D eigenvalue weighted by atomic mass is 16.5. The SMILES string of the molecule is CCOC(=O)/C=C(\C(=O)OCC)c1cc(C(c2ccccc2)(c2ccccc2)c2ccccc2)ccc1OC(C)=O. The van der Waals surface area contributed by atoms with E-state index in [1.807, 2.05) is 60.7 Å². The largest absolute Gasteiger partial charge is 0.463 e. The average molecular weight is 549 g/mol. The van der Waals surface area contributed by atoms with E-state index in [0.717, 1.165) is 28.3 Å². The van der Waals surface area contributed by atoms with Gasteiger partial charge in [0, 0.05) is 18.6 Å². The Morgan fingerprint density at radius 2 is 1.15 bits per heavy atom. The molecule has 6 nitrogen and oxygen atoms in total. The van der Waals surface area contributed by atoms with Crippen LogP contribution in [0.3, 0.4) is 0 Å².